The number of benzene rings is 1. The highest BCUT2D eigenvalue weighted by atomic mass is 16.1. The van der Waals surface area contributed by atoms with Crippen molar-refractivity contribution in [1.29, 1.82) is 0 Å². The van der Waals surface area contributed by atoms with Crippen LogP contribution in [0.1, 0.15) is 56.6 Å². The number of rotatable bonds is 5. The average Bonchev–Trinajstić information content (AvgIpc) is 2.25. The van der Waals surface area contributed by atoms with Crippen LogP contribution in [0, 0.1) is 5.92 Å². The van der Waals surface area contributed by atoms with E-state index in [0.717, 1.165) is 12.3 Å². The molecule has 0 unspecified atom stereocenters. The molecule has 1 aliphatic rings. The van der Waals surface area contributed by atoms with Gasteiger partial charge >= 0.3 is 0 Å². The maximum absolute atomic E-state index is 11.5. The monoisotopic (exact) mass is 230 g/mol. The zero-order valence-electron chi connectivity index (χ0n) is 10.9. The molecule has 17 heavy (non-hydrogen) atoms. The molecule has 1 aromatic carbocycles. The van der Waals surface area contributed by atoms with Crippen molar-refractivity contribution in [2.24, 2.45) is 5.92 Å². The molecule has 0 N–H and O–H groups in total. The van der Waals surface area contributed by atoms with Crippen molar-refractivity contribution in [1.82, 2.24) is 0 Å². The number of Topliss-reactive ketones (excluding diaryl/α,β-unsaturated/α-hetero) is 1. The Morgan fingerprint density at radius 3 is 2.35 bits per heavy atom. The standard InChI is InChI=1S/C16H22O/c1-12(2)16(17)11-8-13-6-9-15(10-7-13)14-4-3-5-14/h6-7,9-10,12,14H,3-5,8,11H2,1-2H3. The van der Waals surface area contributed by atoms with E-state index in [2.05, 4.69) is 24.3 Å². The normalized spacial score (nSPS) is 15.9. The van der Waals surface area contributed by atoms with Crippen LogP contribution in [0.25, 0.3) is 0 Å². The van der Waals surface area contributed by atoms with Gasteiger partial charge in [-0.05, 0) is 36.3 Å². The molecule has 1 nitrogen and oxygen atoms in total. The first-order chi connectivity index (χ1) is 8.16. The van der Waals surface area contributed by atoms with Crippen molar-refractivity contribution in [2.45, 2.75) is 51.9 Å². The summed E-state index contributed by atoms with van der Waals surface area (Å²) in [6.07, 6.45) is 5.66. The second-order valence-corrected chi connectivity index (χ2v) is 5.49. The van der Waals surface area contributed by atoms with E-state index in [-0.39, 0.29) is 5.92 Å². The maximum atomic E-state index is 11.5. The highest BCUT2D eigenvalue weighted by molar-refractivity contribution is 5.80. The molecule has 0 radical (unpaired) electrons. The summed E-state index contributed by atoms with van der Waals surface area (Å²) in [7, 11) is 0. The second kappa shape index (κ2) is 5.48. The minimum absolute atomic E-state index is 0.171. The summed E-state index contributed by atoms with van der Waals surface area (Å²) < 4.78 is 0. The Balaban J connectivity index is 1.87. The van der Waals surface area contributed by atoms with Crippen LogP contribution >= 0.6 is 0 Å². The Kier molecular flexibility index (Phi) is 3.98. The quantitative estimate of drug-likeness (QED) is 0.744. The largest absolute Gasteiger partial charge is 0.299 e. The molecular formula is C16H22O. The van der Waals surface area contributed by atoms with Gasteiger partial charge in [-0.15, -0.1) is 0 Å². The molecule has 1 aromatic rings. The zero-order chi connectivity index (χ0) is 12.3. The fourth-order valence-electron chi connectivity index (χ4n) is 2.25. The third-order valence-electron chi connectivity index (χ3n) is 3.86. The Hall–Kier alpha value is -1.11. The molecule has 0 amide bonds. The molecule has 2 rings (SSSR count). The fourth-order valence-corrected chi connectivity index (χ4v) is 2.25. The van der Waals surface area contributed by atoms with E-state index in [4.69, 9.17) is 0 Å². The number of carbonyl (C=O) groups excluding carboxylic acids is 1. The summed E-state index contributed by atoms with van der Waals surface area (Å²) in [6, 6.07) is 8.89. The molecule has 0 atom stereocenters. The molecule has 0 spiro atoms. The molecule has 1 heteroatoms. The lowest BCUT2D eigenvalue weighted by molar-refractivity contribution is -0.121. The number of hydrogen-bond acceptors (Lipinski definition) is 1. The topological polar surface area (TPSA) is 17.1 Å². The first kappa shape index (κ1) is 12.3. The summed E-state index contributed by atoms with van der Waals surface area (Å²) in [4.78, 5) is 11.5. The van der Waals surface area contributed by atoms with E-state index in [9.17, 15) is 4.79 Å². The number of ketones is 1. The smallest absolute Gasteiger partial charge is 0.135 e. The maximum Gasteiger partial charge on any atom is 0.135 e. The SMILES string of the molecule is CC(C)C(=O)CCc1ccc(C2CCC2)cc1. The second-order valence-electron chi connectivity index (χ2n) is 5.49. The molecule has 0 bridgehead atoms. The third-order valence-corrected chi connectivity index (χ3v) is 3.86. The minimum Gasteiger partial charge on any atom is -0.299 e. The molecule has 1 aliphatic carbocycles. The van der Waals surface area contributed by atoms with Crippen LogP contribution < -0.4 is 0 Å². The summed E-state index contributed by atoms with van der Waals surface area (Å²) in [5.74, 6) is 1.35. The molecule has 0 heterocycles. The molecule has 0 saturated heterocycles. The van der Waals surface area contributed by atoms with Gasteiger partial charge < -0.3 is 0 Å². The van der Waals surface area contributed by atoms with Gasteiger partial charge in [-0.3, -0.25) is 4.79 Å². The van der Waals surface area contributed by atoms with Crippen LogP contribution in [0.2, 0.25) is 0 Å². The van der Waals surface area contributed by atoms with Crippen LogP contribution in [-0.4, -0.2) is 5.78 Å². The van der Waals surface area contributed by atoms with Gasteiger partial charge in [0.25, 0.3) is 0 Å². The van der Waals surface area contributed by atoms with Gasteiger partial charge in [0.2, 0.25) is 0 Å². The lowest BCUT2D eigenvalue weighted by Crippen LogP contribution is -2.09. The van der Waals surface area contributed by atoms with Crippen molar-refractivity contribution in [3.63, 3.8) is 0 Å². The molecule has 92 valence electrons. The van der Waals surface area contributed by atoms with Gasteiger partial charge in [-0.2, -0.15) is 0 Å². The van der Waals surface area contributed by atoms with Gasteiger partial charge in [-0.1, -0.05) is 44.5 Å². The van der Waals surface area contributed by atoms with Crippen molar-refractivity contribution in [2.75, 3.05) is 0 Å². The highest BCUT2D eigenvalue weighted by Crippen LogP contribution is 2.36. The highest BCUT2D eigenvalue weighted by Gasteiger charge is 2.18. The summed E-state index contributed by atoms with van der Waals surface area (Å²) >= 11 is 0. The van der Waals surface area contributed by atoms with Crippen molar-refractivity contribution >= 4 is 5.78 Å². The van der Waals surface area contributed by atoms with Gasteiger partial charge in [0, 0.05) is 12.3 Å². The molecule has 0 aliphatic heterocycles. The predicted octanol–water partition coefficient (Wildman–Crippen LogP) is 4.11. The first-order valence-electron chi connectivity index (χ1n) is 6.78. The Labute approximate surface area is 104 Å². The molecular weight excluding hydrogens is 208 g/mol. The average molecular weight is 230 g/mol. The fraction of sp³-hybridized carbons (Fsp3) is 0.562. The van der Waals surface area contributed by atoms with Crippen LogP contribution in [0.5, 0.6) is 0 Å². The van der Waals surface area contributed by atoms with E-state index in [0.29, 0.717) is 12.2 Å². The van der Waals surface area contributed by atoms with Crippen LogP contribution in [0.3, 0.4) is 0 Å². The van der Waals surface area contributed by atoms with E-state index >= 15 is 0 Å². The van der Waals surface area contributed by atoms with Crippen LogP contribution in [0.4, 0.5) is 0 Å². The molecule has 0 aromatic heterocycles. The van der Waals surface area contributed by atoms with E-state index in [1.54, 1.807) is 0 Å². The summed E-state index contributed by atoms with van der Waals surface area (Å²) in [5.41, 5.74) is 2.78. The Bertz CT molecular complexity index is 371. The molecule has 1 saturated carbocycles. The number of carbonyl (C=O) groups is 1. The van der Waals surface area contributed by atoms with Gasteiger partial charge in [0.1, 0.15) is 5.78 Å². The number of hydrogen-bond donors (Lipinski definition) is 0. The summed E-state index contributed by atoms with van der Waals surface area (Å²) in [6.45, 7) is 3.95. The van der Waals surface area contributed by atoms with Gasteiger partial charge in [0.05, 0.1) is 0 Å². The third kappa shape index (κ3) is 3.18. The van der Waals surface area contributed by atoms with E-state index in [1.165, 1.54) is 30.4 Å². The van der Waals surface area contributed by atoms with Crippen LogP contribution in [0.15, 0.2) is 24.3 Å². The number of aryl methyl sites for hydroxylation is 1. The van der Waals surface area contributed by atoms with Crippen molar-refractivity contribution in [3.05, 3.63) is 35.4 Å². The van der Waals surface area contributed by atoms with E-state index in [1.807, 2.05) is 13.8 Å². The predicted molar refractivity (Wildman–Crippen MR) is 71.2 cm³/mol. The lowest BCUT2D eigenvalue weighted by Gasteiger charge is -2.25. The Morgan fingerprint density at radius 2 is 1.88 bits per heavy atom. The van der Waals surface area contributed by atoms with Crippen LogP contribution in [-0.2, 0) is 11.2 Å². The first-order valence-corrected chi connectivity index (χ1v) is 6.78. The minimum atomic E-state index is 0.171. The van der Waals surface area contributed by atoms with Gasteiger partial charge in [-0.25, -0.2) is 0 Å². The van der Waals surface area contributed by atoms with Gasteiger partial charge in [0.15, 0.2) is 0 Å². The van der Waals surface area contributed by atoms with Crippen molar-refractivity contribution < 1.29 is 4.79 Å². The van der Waals surface area contributed by atoms with E-state index < -0.39 is 0 Å². The lowest BCUT2D eigenvalue weighted by atomic mass is 9.80. The molecule has 1 fully saturated rings. The Morgan fingerprint density at radius 1 is 1.24 bits per heavy atom. The zero-order valence-corrected chi connectivity index (χ0v) is 10.9. The summed E-state index contributed by atoms with van der Waals surface area (Å²) in [5, 5.41) is 0. The van der Waals surface area contributed by atoms with Crippen molar-refractivity contribution in [3.8, 4) is 0 Å².